The van der Waals surface area contributed by atoms with Gasteiger partial charge >= 0.3 is 5.97 Å². The number of carbonyl (C=O) groups is 1. The number of hydrogen-bond acceptors (Lipinski definition) is 3. The zero-order valence-electron chi connectivity index (χ0n) is 11.1. The Bertz CT molecular complexity index is 512. The van der Waals surface area contributed by atoms with Crippen LogP contribution in [0, 0.1) is 6.92 Å². The highest BCUT2D eigenvalue weighted by molar-refractivity contribution is 7.86. The molecule has 1 aliphatic heterocycles. The van der Waals surface area contributed by atoms with Crippen LogP contribution in [0.3, 0.4) is 0 Å². The monoisotopic (exact) mass is 282 g/mol. The molecule has 3 unspecified atom stereocenters. The number of carboxylic acids is 1. The van der Waals surface area contributed by atoms with E-state index in [1.165, 1.54) is 5.56 Å². The standard InChI is InChI=1S/C14H18O4S/c1-3-13(14(15)16)19(17)8-11-7-10-6-9(2)4-5-12(10)18-11/h4-6,11,13H,3,7-8H2,1-2H3,(H,15,16). The number of fused-ring (bicyclic) bond motifs is 1. The van der Waals surface area contributed by atoms with E-state index in [9.17, 15) is 9.00 Å². The zero-order valence-corrected chi connectivity index (χ0v) is 11.9. The van der Waals surface area contributed by atoms with E-state index in [0.29, 0.717) is 12.8 Å². The quantitative estimate of drug-likeness (QED) is 0.896. The van der Waals surface area contributed by atoms with Crippen LogP contribution in [0.2, 0.25) is 0 Å². The Hall–Kier alpha value is -1.36. The average molecular weight is 282 g/mol. The fourth-order valence-electron chi connectivity index (χ4n) is 2.31. The molecule has 1 heterocycles. The topological polar surface area (TPSA) is 63.6 Å². The Morgan fingerprint density at radius 1 is 1.58 bits per heavy atom. The van der Waals surface area contributed by atoms with Gasteiger partial charge in [-0.05, 0) is 25.0 Å². The van der Waals surface area contributed by atoms with Gasteiger partial charge in [0.05, 0.1) is 5.75 Å². The maximum Gasteiger partial charge on any atom is 0.319 e. The van der Waals surface area contributed by atoms with Crippen molar-refractivity contribution in [1.82, 2.24) is 0 Å². The van der Waals surface area contributed by atoms with Gasteiger partial charge in [0, 0.05) is 17.2 Å². The van der Waals surface area contributed by atoms with Gasteiger partial charge in [-0.25, -0.2) is 0 Å². The maximum atomic E-state index is 12.0. The summed E-state index contributed by atoms with van der Waals surface area (Å²) in [5.74, 6) is 0.113. The summed E-state index contributed by atoms with van der Waals surface area (Å²) in [6.45, 7) is 3.76. The van der Waals surface area contributed by atoms with Gasteiger partial charge < -0.3 is 9.84 Å². The second-order valence-electron chi connectivity index (χ2n) is 4.84. The summed E-state index contributed by atoms with van der Waals surface area (Å²) in [5, 5.41) is 8.20. The number of rotatable bonds is 5. The largest absolute Gasteiger partial charge is 0.489 e. The molecule has 0 radical (unpaired) electrons. The summed E-state index contributed by atoms with van der Waals surface area (Å²) < 4.78 is 17.8. The van der Waals surface area contributed by atoms with Gasteiger partial charge in [0.1, 0.15) is 17.1 Å². The molecular formula is C14H18O4S. The minimum absolute atomic E-state index is 0.175. The lowest BCUT2D eigenvalue weighted by molar-refractivity contribution is -0.136. The molecule has 0 saturated carbocycles. The molecule has 19 heavy (non-hydrogen) atoms. The summed E-state index contributed by atoms with van der Waals surface area (Å²) in [6, 6.07) is 5.96. The van der Waals surface area contributed by atoms with E-state index in [1.54, 1.807) is 6.92 Å². The summed E-state index contributed by atoms with van der Waals surface area (Å²) in [4.78, 5) is 11.0. The molecule has 5 heteroatoms. The molecule has 2 rings (SSSR count). The van der Waals surface area contributed by atoms with E-state index in [2.05, 4.69) is 6.07 Å². The van der Waals surface area contributed by atoms with Crippen molar-refractivity contribution in [3.8, 4) is 5.75 Å². The molecule has 0 bridgehead atoms. The van der Waals surface area contributed by atoms with Gasteiger partial charge in [0.15, 0.2) is 0 Å². The second-order valence-corrected chi connectivity index (χ2v) is 6.50. The molecule has 0 spiro atoms. The first kappa shape index (κ1) is 14.1. The van der Waals surface area contributed by atoms with Crippen LogP contribution >= 0.6 is 0 Å². The van der Waals surface area contributed by atoms with Crippen molar-refractivity contribution in [1.29, 1.82) is 0 Å². The molecule has 0 amide bonds. The highest BCUT2D eigenvalue weighted by Gasteiger charge is 2.29. The van der Waals surface area contributed by atoms with Crippen molar-refractivity contribution in [2.24, 2.45) is 0 Å². The summed E-state index contributed by atoms with van der Waals surface area (Å²) >= 11 is 0. The van der Waals surface area contributed by atoms with Gasteiger partial charge in [-0.1, -0.05) is 24.6 Å². The Morgan fingerprint density at radius 3 is 2.95 bits per heavy atom. The number of benzene rings is 1. The van der Waals surface area contributed by atoms with Gasteiger partial charge in [-0.15, -0.1) is 0 Å². The Kier molecular flexibility index (Phi) is 4.24. The van der Waals surface area contributed by atoms with E-state index in [0.717, 1.165) is 11.3 Å². The van der Waals surface area contributed by atoms with Crippen molar-refractivity contribution in [3.05, 3.63) is 29.3 Å². The van der Waals surface area contributed by atoms with Crippen molar-refractivity contribution in [2.75, 3.05) is 5.75 Å². The van der Waals surface area contributed by atoms with Gasteiger partial charge in [-0.2, -0.15) is 0 Å². The average Bonchev–Trinajstić information content (AvgIpc) is 2.70. The minimum Gasteiger partial charge on any atom is -0.489 e. The van der Waals surface area contributed by atoms with Gasteiger partial charge in [0.25, 0.3) is 0 Å². The van der Waals surface area contributed by atoms with Crippen LogP contribution in [0.15, 0.2) is 18.2 Å². The second kappa shape index (κ2) is 5.74. The van der Waals surface area contributed by atoms with E-state index in [-0.39, 0.29) is 11.9 Å². The van der Waals surface area contributed by atoms with E-state index in [4.69, 9.17) is 9.84 Å². The molecule has 0 aromatic heterocycles. The third-order valence-electron chi connectivity index (χ3n) is 3.27. The third kappa shape index (κ3) is 3.15. The minimum atomic E-state index is -1.40. The predicted octanol–water partition coefficient (Wildman–Crippen LogP) is 1.91. The highest BCUT2D eigenvalue weighted by Crippen LogP contribution is 2.30. The lowest BCUT2D eigenvalue weighted by Gasteiger charge is -2.14. The van der Waals surface area contributed by atoms with Gasteiger partial charge in [0.2, 0.25) is 0 Å². The van der Waals surface area contributed by atoms with E-state index < -0.39 is 22.0 Å². The maximum absolute atomic E-state index is 12.0. The highest BCUT2D eigenvalue weighted by atomic mass is 32.2. The Morgan fingerprint density at radius 2 is 2.32 bits per heavy atom. The third-order valence-corrected chi connectivity index (χ3v) is 5.14. The summed E-state index contributed by atoms with van der Waals surface area (Å²) in [5.41, 5.74) is 2.28. The molecule has 1 aliphatic rings. The van der Waals surface area contributed by atoms with E-state index in [1.807, 2.05) is 19.1 Å². The molecule has 1 aromatic carbocycles. The number of aryl methyl sites for hydroxylation is 1. The molecule has 3 atom stereocenters. The first-order chi connectivity index (χ1) is 9.01. The lowest BCUT2D eigenvalue weighted by atomic mass is 10.1. The Balaban J connectivity index is 2.00. The van der Waals surface area contributed by atoms with Crippen LogP contribution in [-0.2, 0) is 22.0 Å². The van der Waals surface area contributed by atoms with Crippen LogP contribution in [0.4, 0.5) is 0 Å². The summed E-state index contributed by atoms with van der Waals surface area (Å²) in [6.07, 6.45) is 0.908. The number of carboxylic acid groups (broad SMARTS) is 1. The zero-order chi connectivity index (χ0) is 14.0. The molecule has 4 nitrogen and oxygen atoms in total. The fourth-order valence-corrected chi connectivity index (χ4v) is 3.70. The molecule has 0 saturated heterocycles. The predicted molar refractivity (Wildman–Crippen MR) is 74.0 cm³/mol. The van der Waals surface area contributed by atoms with Crippen LogP contribution < -0.4 is 4.74 Å². The van der Waals surface area contributed by atoms with E-state index >= 15 is 0 Å². The SMILES string of the molecule is CCC(C(=O)O)S(=O)CC1Cc2cc(C)ccc2O1. The number of hydrogen-bond donors (Lipinski definition) is 1. The first-order valence-electron chi connectivity index (χ1n) is 6.37. The van der Waals surface area contributed by atoms with Crippen molar-refractivity contribution in [2.45, 2.75) is 38.0 Å². The van der Waals surface area contributed by atoms with Gasteiger partial charge in [-0.3, -0.25) is 9.00 Å². The smallest absolute Gasteiger partial charge is 0.319 e. The molecule has 1 N–H and O–H groups in total. The molecule has 1 aromatic rings. The van der Waals surface area contributed by atoms with Crippen LogP contribution in [0.5, 0.6) is 5.75 Å². The molecule has 0 aliphatic carbocycles. The van der Waals surface area contributed by atoms with Crippen molar-refractivity contribution < 1.29 is 18.8 Å². The number of ether oxygens (including phenoxy) is 1. The lowest BCUT2D eigenvalue weighted by Crippen LogP contribution is -2.32. The number of aliphatic carboxylic acids is 1. The molecule has 0 fully saturated rings. The Labute approximate surface area is 115 Å². The van der Waals surface area contributed by atoms with Crippen LogP contribution in [-0.4, -0.2) is 32.4 Å². The van der Waals surface area contributed by atoms with Crippen molar-refractivity contribution in [3.63, 3.8) is 0 Å². The first-order valence-corrected chi connectivity index (χ1v) is 7.75. The van der Waals surface area contributed by atoms with Crippen LogP contribution in [0.1, 0.15) is 24.5 Å². The normalized spacial score (nSPS) is 20.4. The summed E-state index contributed by atoms with van der Waals surface area (Å²) in [7, 11) is -1.40. The van der Waals surface area contributed by atoms with Crippen molar-refractivity contribution >= 4 is 16.8 Å². The van der Waals surface area contributed by atoms with Crippen LogP contribution in [0.25, 0.3) is 0 Å². The molecular weight excluding hydrogens is 264 g/mol. The molecule has 104 valence electrons. The fraction of sp³-hybridized carbons (Fsp3) is 0.500.